The lowest BCUT2D eigenvalue weighted by atomic mass is 9.90. The molecule has 0 amide bonds. The molecule has 0 fully saturated rings. The maximum absolute atomic E-state index is 6.64. The Morgan fingerprint density at radius 3 is 1.69 bits per heavy atom. The van der Waals surface area contributed by atoms with Crippen LogP contribution >= 0.6 is 0 Å². The van der Waals surface area contributed by atoms with Crippen molar-refractivity contribution in [2.75, 3.05) is 4.90 Å². The summed E-state index contributed by atoms with van der Waals surface area (Å²) in [6, 6.07) is 86.1. The van der Waals surface area contributed by atoms with Gasteiger partial charge < -0.3 is 9.32 Å². The van der Waals surface area contributed by atoms with E-state index in [1.807, 2.05) is 0 Å². The zero-order valence-corrected chi connectivity index (χ0v) is 34.9. The molecule has 0 aliphatic rings. The van der Waals surface area contributed by atoms with E-state index >= 15 is 0 Å². The van der Waals surface area contributed by atoms with Gasteiger partial charge in [-0.2, -0.15) is 0 Å². The number of nitrogens with zero attached hydrogens (tertiary/aromatic N) is 1. The van der Waals surface area contributed by atoms with E-state index in [0.717, 1.165) is 55.5 Å². The fourth-order valence-electron chi connectivity index (χ4n) is 10.2. The summed E-state index contributed by atoms with van der Waals surface area (Å²) in [5.41, 5.74) is 12.2. The highest BCUT2D eigenvalue weighted by Gasteiger charge is 2.21. The van der Waals surface area contributed by atoms with E-state index in [9.17, 15) is 0 Å². The first-order valence-corrected chi connectivity index (χ1v) is 22.0. The molecule has 0 aliphatic heterocycles. The monoisotopic (exact) mass is 813 g/mol. The number of anilines is 3. The molecule has 2 nitrogen and oxygen atoms in total. The van der Waals surface area contributed by atoms with Crippen LogP contribution in [0.2, 0.25) is 0 Å². The fraction of sp³-hybridized carbons (Fsp3) is 0. The maximum Gasteiger partial charge on any atom is 0.143 e. The average Bonchev–Trinajstić information content (AvgIpc) is 3.75. The largest absolute Gasteiger partial charge is 0.455 e. The van der Waals surface area contributed by atoms with Gasteiger partial charge in [0.05, 0.1) is 5.69 Å². The third-order valence-electron chi connectivity index (χ3n) is 13.2. The molecular weight excluding hydrogens is 775 g/mol. The summed E-state index contributed by atoms with van der Waals surface area (Å²) in [5.74, 6) is 0. The molecule has 0 bridgehead atoms. The standard InChI is InChI=1S/C62H39NO/c1-4-19-48-41(13-1)16-12-26-49(48)43-29-27-40(28-30-43)44-17-11-18-46(37-44)63(47-32-36-61-59(39-47)57-33-31-42-14-2-6-21-51(42)62(57)64-61)60-35-34-55(53-23-9-10-25-56(53)60)58-38-45-15-3-5-20-50(45)52-22-7-8-24-54(52)58/h1-39H. The first kappa shape index (κ1) is 36.2. The molecule has 13 rings (SSSR count). The Hall–Kier alpha value is -8.46. The van der Waals surface area contributed by atoms with Gasteiger partial charge in [-0.15, -0.1) is 0 Å². The summed E-state index contributed by atoms with van der Waals surface area (Å²) in [4.78, 5) is 2.43. The number of furan rings is 1. The van der Waals surface area contributed by atoms with Crippen molar-refractivity contribution in [1.29, 1.82) is 0 Å². The van der Waals surface area contributed by atoms with Crippen LogP contribution in [0.25, 0.3) is 109 Å². The van der Waals surface area contributed by atoms with Gasteiger partial charge in [-0.05, 0) is 125 Å². The molecule has 0 unspecified atom stereocenters. The first-order chi connectivity index (χ1) is 31.7. The summed E-state index contributed by atoms with van der Waals surface area (Å²) in [6.07, 6.45) is 0. The van der Waals surface area contributed by atoms with Gasteiger partial charge in [0, 0.05) is 32.9 Å². The van der Waals surface area contributed by atoms with E-state index in [2.05, 4.69) is 241 Å². The Morgan fingerprint density at radius 2 is 0.875 bits per heavy atom. The summed E-state index contributed by atoms with van der Waals surface area (Å²) in [7, 11) is 0. The predicted octanol–water partition coefficient (Wildman–Crippen LogP) is 17.8. The molecule has 0 N–H and O–H groups in total. The van der Waals surface area contributed by atoms with E-state index in [4.69, 9.17) is 4.42 Å². The number of fused-ring (bicyclic) bond motifs is 10. The molecular formula is C62H39NO. The zero-order valence-electron chi connectivity index (χ0n) is 34.9. The summed E-state index contributed by atoms with van der Waals surface area (Å²) >= 11 is 0. The van der Waals surface area contributed by atoms with Crippen molar-refractivity contribution in [2.45, 2.75) is 0 Å². The van der Waals surface area contributed by atoms with Crippen LogP contribution in [-0.2, 0) is 0 Å². The van der Waals surface area contributed by atoms with Crippen LogP contribution in [0.4, 0.5) is 17.1 Å². The van der Waals surface area contributed by atoms with Gasteiger partial charge in [-0.1, -0.05) is 188 Å². The van der Waals surface area contributed by atoms with Gasteiger partial charge >= 0.3 is 0 Å². The van der Waals surface area contributed by atoms with Gasteiger partial charge in [0.15, 0.2) is 0 Å². The van der Waals surface area contributed by atoms with Crippen molar-refractivity contribution in [3.8, 4) is 33.4 Å². The Labute approximate surface area is 370 Å². The molecule has 64 heavy (non-hydrogen) atoms. The smallest absolute Gasteiger partial charge is 0.143 e. The number of benzene rings is 12. The minimum atomic E-state index is 0.874. The van der Waals surface area contributed by atoms with Gasteiger partial charge in [-0.25, -0.2) is 0 Å². The second kappa shape index (κ2) is 14.6. The summed E-state index contributed by atoms with van der Waals surface area (Å²) in [5, 5.41) is 14.4. The molecule has 0 aliphatic carbocycles. The number of hydrogen-bond donors (Lipinski definition) is 0. The van der Waals surface area contributed by atoms with Crippen LogP contribution < -0.4 is 4.90 Å². The van der Waals surface area contributed by atoms with Crippen LogP contribution in [0.15, 0.2) is 241 Å². The molecule has 12 aromatic carbocycles. The van der Waals surface area contributed by atoms with Crippen molar-refractivity contribution < 1.29 is 4.42 Å². The lowest BCUT2D eigenvalue weighted by molar-refractivity contribution is 0.672. The normalized spacial score (nSPS) is 11.8. The number of hydrogen-bond acceptors (Lipinski definition) is 2. The maximum atomic E-state index is 6.64. The molecule has 0 saturated heterocycles. The molecule has 0 saturated carbocycles. The quantitative estimate of drug-likeness (QED) is 0.156. The minimum absolute atomic E-state index is 0.874. The molecule has 298 valence electrons. The van der Waals surface area contributed by atoms with Crippen molar-refractivity contribution in [3.63, 3.8) is 0 Å². The number of rotatable bonds is 6. The molecule has 1 aromatic heterocycles. The van der Waals surface area contributed by atoms with E-state index in [1.165, 1.54) is 70.7 Å². The van der Waals surface area contributed by atoms with Gasteiger partial charge in [0.25, 0.3) is 0 Å². The second-order valence-electron chi connectivity index (χ2n) is 16.8. The molecule has 0 spiro atoms. The van der Waals surface area contributed by atoms with Crippen molar-refractivity contribution >= 4 is 92.9 Å². The van der Waals surface area contributed by atoms with E-state index < -0.39 is 0 Å². The van der Waals surface area contributed by atoms with E-state index in [1.54, 1.807) is 0 Å². The average molecular weight is 814 g/mol. The van der Waals surface area contributed by atoms with Crippen LogP contribution in [0, 0.1) is 0 Å². The van der Waals surface area contributed by atoms with Crippen molar-refractivity contribution in [1.82, 2.24) is 0 Å². The highest BCUT2D eigenvalue weighted by Crippen LogP contribution is 2.46. The Kier molecular flexibility index (Phi) is 8.25. The zero-order chi connectivity index (χ0) is 42.1. The predicted molar refractivity (Wildman–Crippen MR) is 272 cm³/mol. The Bertz CT molecular complexity index is 3960. The third-order valence-corrected chi connectivity index (χ3v) is 13.2. The van der Waals surface area contributed by atoms with Crippen LogP contribution in [0.1, 0.15) is 0 Å². The molecule has 1 heterocycles. The van der Waals surface area contributed by atoms with E-state index in [0.29, 0.717) is 0 Å². The molecule has 2 heteroatoms. The Morgan fingerprint density at radius 1 is 0.266 bits per heavy atom. The molecule has 0 radical (unpaired) electrons. The lowest BCUT2D eigenvalue weighted by Gasteiger charge is -2.28. The summed E-state index contributed by atoms with van der Waals surface area (Å²) < 4.78 is 6.64. The van der Waals surface area contributed by atoms with Crippen molar-refractivity contribution in [2.24, 2.45) is 0 Å². The van der Waals surface area contributed by atoms with Crippen LogP contribution in [0.5, 0.6) is 0 Å². The highest BCUT2D eigenvalue weighted by atomic mass is 16.3. The summed E-state index contributed by atoms with van der Waals surface area (Å²) in [6.45, 7) is 0. The minimum Gasteiger partial charge on any atom is -0.455 e. The van der Waals surface area contributed by atoms with Crippen LogP contribution in [0.3, 0.4) is 0 Å². The van der Waals surface area contributed by atoms with Gasteiger partial charge in [0.2, 0.25) is 0 Å². The Balaban J connectivity index is 1.00. The second-order valence-corrected chi connectivity index (χ2v) is 16.8. The third kappa shape index (κ3) is 5.81. The topological polar surface area (TPSA) is 16.4 Å². The highest BCUT2D eigenvalue weighted by molar-refractivity contribution is 6.19. The van der Waals surface area contributed by atoms with Gasteiger partial charge in [0.1, 0.15) is 11.2 Å². The first-order valence-electron chi connectivity index (χ1n) is 22.0. The van der Waals surface area contributed by atoms with E-state index in [-0.39, 0.29) is 0 Å². The SMILES string of the molecule is c1cc(-c2ccc(-c3cccc4ccccc34)cc2)cc(N(c2ccc3oc4c5ccccc5ccc4c3c2)c2ccc(-c3cc4ccccc4c4ccccc34)c3ccccc23)c1. The molecule has 13 aromatic rings. The fourth-order valence-corrected chi connectivity index (χ4v) is 10.2. The van der Waals surface area contributed by atoms with Crippen molar-refractivity contribution in [3.05, 3.63) is 237 Å². The van der Waals surface area contributed by atoms with Gasteiger partial charge in [-0.3, -0.25) is 0 Å². The van der Waals surface area contributed by atoms with Crippen LogP contribution in [-0.4, -0.2) is 0 Å². The molecule has 0 atom stereocenters. The lowest BCUT2D eigenvalue weighted by Crippen LogP contribution is -2.10.